The van der Waals surface area contributed by atoms with Crippen LogP contribution in [0.2, 0.25) is 0 Å². The molecule has 0 heterocycles. The van der Waals surface area contributed by atoms with Crippen molar-refractivity contribution in [3.05, 3.63) is 12.3 Å². The molecule has 136 valence electrons. The van der Waals surface area contributed by atoms with E-state index in [0.29, 0.717) is 32.1 Å². The zero-order chi connectivity index (χ0) is 17.3. The highest BCUT2D eigenvalue weighted by Gasteiger charge is 2.09. The average molecular weight is 346 g/mol. The van der Waals surface area contributed by atoms with E-state index in [9.17, 15) is 4.79 Å². The van der Waals surface area contributed by atoms with Crippen LogP contribution < -0.4 is 0 Å². The van der Waals surface area contributed by atoms with E-state index in [1.165, 1.54) is 32.1 Å². The summed E-state index contributed by atoms with van der Waals surface area (Å²) in [5, 5.41) is 9.04. The lowest BCUT2D eigenvalue weighted by Crippen LogP contribution is -2.30. The standard InChI is InChI=1S/C18H35NO3S/c1-3-4-5-6-7-8-9-18(14-21)15-22-13-11-19(10-12-20)17(2)16-23/h14,18,20,23H,2-13,15-16H2,1H3. The Kier molecular flexibility index (Phi) is 16.0. The number of nitrogens with zero attached hydrogens (tertiary/aromatic N) is 1. The van der Waals surface area contributed by atoms with Gasteiger partial charge in [-0.05, 0) is 6.42 Å². The SMILES string of the molecule is C=C(CS)N(CCO)CCOCC(C=O)CCCCCCCC. The number of aldehydes is 1. The fourth-order valence-corrected chi connectivity index (χ4v) is 2.64. The largest absolute Gasteiger partial charge is 0.395 e. The second-order valence-electron chi connectivity index (χ2n) is 5.96. The molecule has 0 rings (SSSR count). The van der Waals surface area contributed by atoms with Crippen LogP contribution in [-0.2, 0) is 9.53 Å². The molecule has 0 saturated carbocycles. The molecule has 0 radical (unpaired) electrons. The molecule has 0 aliphatic heterocycles. The third-order valence-corrected chi connectivity index (χ3v) is 4.32. The molecule has 0 amide bonds. The van der Waals surface area contributed by atoms with Gasteiger partial charge in [0.25, 0.3) is 0 Å². The molecule has 1 unspecified atom stereocenters. The van der Waals surface area contributed by atoms with Crippen molar-refractivity contribution in [2.24, 2.45) is 5.92 Å². The highest BCUT2D eigenvalue weighted by Crippen LogP contribution is 2.12. The Morgan fingerprint density at radius 1 is 1.26 bits per heavy atom. The lowest BCUT2D eigenvalue weighted by molar-refractivity contribution is -0.113. The second kappa shape index (κ2) is 16.3. The maximum Gasteiger partial charge on any atom is 0.125 e. The van der Waals surface area contributed by atoms with Crippen LogP contribution in [0.25, 0.3) is 0 Å². The summed E-state index contributed by atoms with van der Waals surface area (Å²) in [4.78, 5) is 13.1. The van der Waals surface area contributed by atoms with Crippen molar-refractivity contribution in [2.45, 2.75) is 51.9 Å². The van der Waals surface area contributed by atoms with E-state index in [2.05, 4.69) is 26.1 Å². The van der Waals surface area contributed by atoms with Gasteiger partial charge in [-0.1, -0.05) is 52.0 Å². The second-order valence-corrected chi connectivity index (χ2v) is 6.28. The molecule has 1 atom stereocenters. The van der Waals surface area contributed by atoms with E-state index >= 15 is 0 Å². The number of hydrogen-bond donors (Lipinski definition) is 2. The van der Waals surface area contributed by atoms with Crippen LogP contribution in [-0.4, -0.2) is 55.0 Å². The van der Waals surface area contributed by atoms with Crippen molar-refractivity contribution in [1.29, 1.82) is 0 Å². The Labute approximate surface area is 147 Å². The van der Waals surface area contributed by atoms with Gasteiger partial charge in [-0.25, -0.2) is 0 Å². The first-order chi connectivity index (χ1) is 11.2. The van der Waals surface area contributed by atoms with Crippen molar-refractivity contribution >= 4 is 18.9 Å². The van der Waals surface area contributed by atoms with E-state index in [0.717, 1.165) is 24.8 Å². The van der Waals surface area contributed by atoms with Gasteiger partial charge in [0.1, 0.15) is 6.29 Å². The number of rotatable bonds is 17. The molecule has 1 N–H and O–H groups in total. The predicted octanol–water partition coefficient (Wildman–Crippen LogP) is 3.31. The molecule has 0 aromatic rings. The van der Waals surface area contributed by atoms with Gasteiger partial charge in [-0.3, -0.25) is 0 Å². The number of ether oxygens (including phenoxy) is 1. The summed E-state index contributed by atoms with van der Waals surface area (Å²) in [5.41, 5.74) is 0.880. The van der Waals surface area contributed by atoms with E-state index in [1.54, 1.807) is 0 Å². The molecule has 0 spiro atoms. The first-order valence-electron chi connectivity index (χ1n) is 8.87. The van der Waals surface area contributed by atoms with Gasteiger partial charge in [0, 0.05) is 30.5 Å². The van der Waals surface area contributed by atoms with Gasteiger partial charge < -0.3 is 19.5 Å². The Hall–Kier alpha value is -0.520. The first kappa shape index (κ1) is 22.5. The Balaban J connectivity index is 3.76. The Bertz CT molecular complexity index is 300. The van der Waals surface area contributed by atoms with Crippen LogP contribution in [0.1, 0.15) is 51.9 Å². The molecular formula is C18H35NO3S. The van der Waals surface area contributed by atoms with Gasteiger partial charge >= 0.3 is 0 Å². The number of carbonyl (C=O) groups excluding carboxylic acids is 1. The van der Waals surface area contributed by atoms with Crippen LogP contribution in [0.3, 0.4) is 0 Å². The van der Waals surface area contributed by atoms with E-state index in [4.69, 9.17) is 9.84 Å². The zero-order valence-electron chi connectivity index (χ0n) is 14.7. The summed E-state index contributed by atoms with van der Waals surface area (Å²) >= 11 is 4.20. The van der Waals surface area contributed by atoms with E-state index < -0.39 is 0 Å². The first-order valence-corrected chi connectivity index (χ1v) is 9.50. The number of unbranched alkanes of at least 4 members (excludes halogenated alkanes) is 5. The maximum atomic E-state index is 11.1. The van der Waals surface area contributed by atoms with Gasteiger partial charge in [0.15, 0.2) is 0 Å². The van der Waals surface area contributed by atoms with Crippen LogP contribution >= 0.6 is 12.6 Å². The predicted molar refractivity (Wildman–Crippen MR) is 100 cm³/mol. The van der Waals surface area contributed by atoms with Crippen molar-refractivity contribution in [2.75, 3.05) is 38.7 Å². The molecule has 0 saturated heterocycles. The fourth-order valence-electron chi connectivity index (χ4n) is 2.44. The van der Waals surface area contributed by atoms with Crippen LogP contribution in [0.5, 0.6) is 0 Å². The average Bonchev–Trinajstić information content (AvgIpc) is 2.57. The molecule has 0 aromatic carbocycles. The maximum absolute atomic E-state index is 11.1. The monoisotopic (exact) mass is 345 g/mol. The molecule has 0 aliphatic rings. The summed E-state index contributed by atoms with van der Waals surface area (Å²) in [6.45, 7) is 8.45. The minimum atomic E-state index is 0.000507. The zero-order valence-corrected chi connectivity index (χ0v) is 15.6. The topological polar surface area (TPSA) is 49.8 Å². The molecule has 4 nitrogen and oxygen atoms in total. The van der Waals surface area contributed by atoms with Crippen molar-refractivity contribution in [1.82, 2.24) is 4.90 Å². The van der Waals surface area contributed by atoms with E-state index in [1.807, 2.05) is 4.90 Å². The smallest absolute Gasteiger partial charge is 0.125 e. The third kappa shape index (κ3) is 12.6. The molecule has 0 fully saturated rings. The van der Waals surface area contributed by atoms with Gasteiger partial charge in [0.05, 0.1) is 19.8 Å². The molecule has 5 heteroatoms. The fraction of sp³-hybridized carbons (Fsp3) is 0.833. The Morgan fingerprint density at radius 2 is 1.96 bits per heavy atom. The highest BCUT2D eigenvalue weighted by atomic mass is 32.1. The quantitative estimate of drug-likeness (QED) is 0.241. The molecule has 0 aliphatic carbocycles. The van der Waals surface area contributed by atoms with Gasteiger partial charge in [0.2, 0.25) is 0 Å². The number of thiol groups is 1. The van der Waals surface area contributed by atoms with Crippen molar-refractivity contribution in [3.8, 4) is 0 Å². The summed E-state index contributed by atoms with van der Waals surface area (Å²) in [6.07, 6.45) is 9.38. The number of carbonyl (C=O) groups is 1. The normalized spacial score (nSPS) is 12.1. The van der Waals surface area contributed by atoms with Crippen molar-refractivity contribution in [3.63, 3.8) is 0 Å². The molecular weight excluding hydrogens is 310 g/mol. The van der Waals surface area contributed by atoms with Crippen molar-refractivity contribution < 1.29 is 14.6 Å². The summed E-state index contributed by atoms with van der Waals surface area (Å²) in [7, 11) is 0. The molecule has 0 bridgehead atoms. The lowest BCUT2D eigenvalue weighted by Gasteiger charge is -2.25. The lowest BCUT2D eigenvalue weighted by atomic mass is 10.0. The number of hydrogen-bond acceptors (Lipinski definition) is 5. The van der Waals surface area contributed by atoms with Crippen LogP contribution in [0.15, 0.2) is 12.3 Å². The van der Waals surface area contributed by atoms with Gasteiger partial charge in [-0.15, -0.1) is 0 Å². The highest BCUT2D eigenvalue weighted by molar-refractivity contribution is 7.80. The third-order valence-electron chi connectivity index (χ3n) is 3.96. The number of aliphatic hydroxyl groups excluding tert-OH is 1. The minimum Gasteiger partial charge on any atom is -0.395 e. The minimum absolute atomic E-state index is 0.000507. The van der Waals surface area contributed by atoms with Gasteiger partial charge in [-0.2, -0.15) is 12.6 Å². The molecule has 0 aromatic heterocycles. The summed E-state index contributed by atoms with van der Waals surface area (Å²) in [6, 6.07) is 0. The summed E-state index contributed by atoms with van der Waals surface area (Å²) < 4.78 is 5.63. The van der Waals surface area contributed by atoms with Crippen LogP contribution in [0, 0.1) is 5.92 Å². The number of aliphatic hydroxyl groups is 1. The Morgan fingerprint density at radius 3 is 2.57 bits per heavy atom. The van der Waals surface area contributed by atoms with Crippen LogP contribution in [0.4, 0.5) is 0 Å². The van der Waals surface area contributed by atoms with E-state index in [-0.39, 0.29) is 12.5 Å². The molecule has 23 heavy (non-hydrogen) atoms. The summed E-state index contributed by atoms with van der Waals surface area (Å²) in [5.74, 6) is 0.565.